The average molecular weight is 343 g/mol. The third-order valence-corrected chi connectivity index (χ3v) is 4.49. The number of methoxy groups -OCH3 is 1. The Bertz CT molecular complexity index is 823. The number of anilines is 1. The van der Waals surface area contributed by atoms with Crippen LogP contribution in [0.2, 0.25) is 5.02 Å². The van der Waals surface area contributed by atoms with Gasteiger partial charge in [-0.15, -0.1) is 0 Å². The minimum atomic E-state index is -3.95. The molecule has 116 valence electrons. The number of para-hydroxylation sites is 1. The van der Waals surface area contributed by atoms with E-state index >= 15 is 0 Å². The van der Waals surface area contributed by atoms with Gasteiger partial charge in [-0.1, -0.05) is 23.7 Å². The third-order valence-electron chi connectivity index (χ3n) is 2.75. The smallest absolute Gasteiger partial charge is 0.289 e. The maximum absolute atomic E-state index is 12.4. The Morgan fingerprint density at radius 2 is 1.91 bits per heavy atom. The van der Waals surface area contributed by atoms with Crippen molar-refractivity contribution in [1.82, 2.24) is 0 Å². The number of nitrogens with one attached hydrogen (secondary N) is 1. The van der Waals surface area contributed by atoms with Gasteiger partial charge in [-0.05, 0) is 24.3 Å². The van der Waals surface area contributed by atoms with Crippen molar-refractivity contribution < 1.29 is 18.1 Å². The van der Waals surface area contributed by atoms with Crippen LogP contribution in [0.3, 0.4) is 0 Å². The highest BCUT2D eigenvalue weighted by Crippen LogP contribution is 2.30. The van der Waals surface area contributed by atoms with Crippen molar-refractivity contribution in [3.05, 3.63) is 57.6 Å². The molecule has 0 aliphatic heterocycles. The van der Waals surface area contributed by atoms with Crippen molar-refractivity contribution in [3.8, 4) is 5.75 Å². The van der Waals surface area contributed by atoms with Crippen molar-refractivity contribution in [2.75, 3.05) is 11.8 Å². The molecule has 0 aromatic heterocycles. The highest BCUT2D eigenvalue weighted by molar-refractivity contribution is 7.92. The highest BCUT2D eigenvalue weighted by atomic mass is 35.5. The minimum absolute atomic E-state index is 0.0296. The lowest BCUT2D eigenvalue weighted by atomic mass is 10.3. The lowest BCUT2D eigenvalue weighted by molar-refractivity contribution is -0.384. The summed E-state index contributed by atoms with van der Waals surface area (Å²) < 4.78 is 32.0. The third kappa shape index (κ3) is 3.29. The van der Waals surface area contributed by atoms with Gasteiger partial charge in [-0.3, -0.25) is 14.8 Å². The number of hydrogen-bond acceptors (Lipinski definition) is 5. The zero-order valence-corrected chi connectivity index (χ0v) is 12.9. The molecule has 0 saturated heterocycles. The molecule has 0 spiro atoms. The molecule has 7 nitrogen and oxygen atoms in total. The summed E-state index contributed by atoms with van der Waals surface area (Å²) in [5, 5.41) is 10.8. The first-order chi connectivity index (χ1) is 10.3. The molecule has 2 aromatic rings. The topological polar surface area (TPSA) is 98.5 Å². The summed E-state index contributed by atoms with van der Waals surface area (Å²) in [5.74, 6) is 0.165. The molecule has 0 bridgehead atoms. The van der Waals surface area contributed by atoms with Crippen molar-refractivity contribution >= 4 is 33.0 Å². The largest absolute Gasteiger partial charge is 0.495 e. The van der Waals surface area contributed by atoms with Crippen LogP contribution in [-0.4, -0.2) is 20.5 Å². The molecule has 0 aliphatic rings. The number of halogens is 1. The Morgan fingerprint density at radius 3 is 2.55 bits per heavy atom. The van der Waals surface area contributed by atoms with Gasteiger partial charge >= 0.3 is 0 Å². The number of rotatable bonds is 5. The van der Waals surface area contributed by atoms with Gasteiger partial charge in [-0.25, -0.2) is 8.42 Å². The van der Waals surface area contributed by atoms with Crippen LogP contribution in [-0.2, 0) is 10.0 Å². The molecule has 2 aromatic carbocycles. The zero-order chi connectivity index (χ0) is 16.3. The molecule has 22 heavy (non-hydrogen) atoms. The van der Waals surface area contributed by atoms with Gasteiger partial charge in [0.1, 0.15) is 15.7 Å². The molecule has 0 atom stereocenters. The average Bonchev–Trinajstić information content (AvgIpc) is 2.48. The van der Waals surface area contributed by atoms with Gasteiger partial charge in [-0.2, -0.15) is 0 Å². The molecule has 0 amide bonds. The quantitative estimate of drug-likeness (QED) is 0.665. The first-order valence-corrected chi connectivity index (χ1v) is 7.81. The Balaban J connectivity index is 2.41. The van der Waals surface area contributed by atoms with E-state index in [2.05, 4.69) is 4.72 Å². The van der Waals surface area contributed by atoms with E-state index in [1.165, 1.54) is 31.4 Å². The molecule has 2 rings (SSSR count). The summed E-state index contributed by atoms with van der Waals surface area (Å²) in [7, 11) is -2.60. The van der Waals surface area contributed by atoms with Crippen LogP contribution in [0.5, 0.6) is 5.75 Å². The molecular weight excluding hydrogens is 332 g/mol. The standard InChI is InChI=1S/C13H11ClN2O5S/c1-21-12-4-2-3-5-13(12)22(19,20)15-9-6-7-10(14)11(8-9)16(17)18/h2-8,15H,1H3. The van der Waals surface area contributed by atoms with E-state index in [1.807, 2.05) is 0 Å². The van der Waals surface area contributed by atoms with E-state index in [4.69, 9.17) is 16.3 Å². The van der Waals surface area contributed by atoms with E-state index in [-0.39, 0.29) is 27.0 Å². The molecule has 1 N–H and O–H groups in total. The number of ether oxygens (including phenoxy) is 1. The first-order valence-electron chi connectivity index (χ1n) is 5.95. The lowest BCUT2D eigenvalue weighted by Crippen LogP contribution is -2.14. The minimum Gasteiger partial charge on any atom is -0.495 e. The fourth-order valence-corrected chi connectivity index (χ4v) is 3.17. The van der Waals surface area contributed by atoms with E-state index in [9.17, 15) is 18.5 Å². The van der Waals surface area contributed by atoms with Crippen molar-refractivity contribution in [2.24, 2.45) is 0 Å². The summed E-state index contributed by atoms with van der Waals surface area (Å²) in [4.78, 5) is 10.1. The van der Waals surface area contributed by atoms with Gasteiger partial charge in [0.2, 0.25) is 0 Å². The van der Waals surface area contributed by atoms with Gasteiger partial charge in [0.05, 0.1) is 17.7 Å². The zero-order valence-electron chi connectivity index (χ0n) is 11.3. The maximum atomic E-state index is 12.4. The second-order valence-electron chi connectivity index (χ2n) is 4.18. The fourth-order valence-electron chi connectivity index (χ4n) is 1.77. The summed E-state index contributed by atoms with van der Waals surface area (Å²) in [6, 6.07) is 9.67. The first kappa shape index (κ1) is 16.1. The highest BCUT2D eigenvalue weighted by Gasteiger charge is 2.21. The number of nitrogens with zero attached hydrogens (tertiary/aromatic N) is 1. The van der Waals surface area contributed by atoms with E-state index in [0.29, 0.717) is 0 Å². The molecular formula is C13H11ClN2O5S. The lowest BCUT2D eigenvalue weighted by Gasteiger charge is -2.11. The monoisotopic (exact) mass is 342 g/mol. The summed E-state index contributed by atoms with van der Waals surface area (Å²) in [6.45, 7) is 0. The number of hydrogen-bond donors (Lipinski definition) is 1. The van der Waals surface area contributed by atoms with Crippen molar-refractivity contribution in [1.29, 1.82) is 0 Å². The van der Waals surface area contributed by atoms with Gasteiger partial charge < -0.3 is 4.74 Å². The van der Waals surface area contributed by atoms with Crippen LogP contribution in [0.25, 0.3) is 0 Å². The van der Waals surface area contributed by atoms with E-state index < -0.39 is 14.9 Å². The summed E-state index contributed by atoms with van der Waals surface area (Å²) in [5.41, 5.74) is -0.358. The second kappa shape index (κ2) is 6.20. The predicted octanol–water partition coefficient (Wildman–Crippen LogP) is 3.06. The van der Waals surface area contributed by atoms with E-state index in [1.54, 1.807) is 12.1 Å². The molecule has 0 heterocycles. The van der Waals surface area contributed by atoms with Gasteiger partial charge in [0, 0.05) is 6.07 Å². The van der Waals surface area contributed by atoms with Gasteiger partial charge in [0.25, 0.3) is 15.7 Å². The number of sulfonamides is 1. The van der Waals surface area contributed by atoms with Crippen LogP contribution < -0.4 is 9.46 Å². The summed E-state index contributed by atoms with van der Waals surface area (Å²) in [6.07, 6.45) is 0. The number of nitro benzene ring substituents is 1. The molecule has 0 unspecified atom stereocenters. The van der Waals surface area contributed by atoms with E-state index in [0.717, 1.165) is 6.07 Å². The van der Waals surface area contributed by atoms with Crippen molar-refractivity contribution in [3.63, 3.8) is 0 Å². The molecule has 0 radical (unpaired) electrons. The Hall–Kier alpha value is -2.32. The molecule has 0 fully saturated rings. The number of benzene rings is 2. The van der Waals surface area contributed by atoms with Crippen LogP contribution in [0.15, 0.2) is 47.4 Å². The molecule has 0 saturated carbocycles. The molecule has 0 aliphatic carbocycles. The summed E-state index contributed by atoms with van der Waals surface area (Å²) >= 11 is 5.69. The van der Waals surface area contributed by atoms with Crippen LogP contribution in [0, 0.1) is 10.1 Å². The van der Waals surface area contributed by atoms with Crippen molar-refractivity contribution in [2.45, 2.75) is 4.90 Å². The fraction of sp³-hybridized carbons (Fsp3) is 0.0769. The molecule has 9 heteroatoms. The normalized spacial score (nSPS) is 11.0. The van der Waals surface area contributed by atoms with Crippen LogP contribution in [0.1, 0.15) is 0 Å². The Labute approximate surface area is 131 Å². The SMILES string of the molecule is COc1ccccc1S(=O)(=O)Nc1ccc(Cl)c([N+](=O)[O-])c1. The Kier molecular flexibility index (Phi) is 4.53. The van der Waals surface area contributed by atoms with Gasteiger partial charge in [0.15, 0.2) is 0 Å². The Morgan fingerprint density at radius 1 is 1.23 bits per heavy atom. The predicted molar refractivity (Wildman–Crippen MR) is 81.9 cm³/mol. The van der Waals surface area contributed by atoms with Crippen LogP contribution in [0.4, 0.5) is 11.4 Å². The van der Waals surface area contributed by atoms with Crippen LogP contribution >= 0.6 is 11.6 Å². The maximum Gasteiger partial charge on any atom is 0.289 e. The second-order valence-corrected chi connectivity index (χ2v) is 6.24. The number of nitro groups is 1.